The third-order valence-corrected chi connectivity index (χ3v) is 1.75. The molecule has 0 aliphatic carbocycles. The van der Waals surface area contributed by atoms with Crippen LogP contribution in [0.2, 0.25) is 0 Å². The number of pyridine rings is 1. The number of nitrogens with two attached hydrogens (primary N) is 1. The van der Waals surface area contributed by atoms with Crippen LogP contribution in [0.3, 0.4) is 0 Å². The first-order chi connectivity index (χ1) is 5.83. The summed E-state index contributed by atoms with van der Waals surface area (Å²) in [4.78, 5) is 0. The third-order valence-electron chi connectivity index (χ3n) is 1.75. The first kappa shape index (κ1) is 6.97. The smallest absolute Gasteiger partial charge is 0.214 e. The fourth-order valence-corrected chi connectivity index (χ4v) is 1.16. The van der Waals surface area contributed by atoms with Gasteiger partial charge in [0.2, 0.25) is 5.88 Å². The summed E-state index contributed by atoms with van der Waals surface area (Å²) in [5, 5.41) is 4.06. The van der Waals surface area contributed by atoms with Crippen molar-refractivity contribution >= 4 is 11.2 Å². The lowest BCUT2D eigenvalue weighted by Gasteiger charge is -2.01. The Kier molecular flexibility index (Phi) is 1.40. The Morgan fingerprint density at radius 1 is 1.50 bits per heavy atom. The molecule has 2 N–H and O–H groups in total. The number of aromatic nitrogens is 2. The molecule has 4 heteroatoms. The summed E-state index contributed by atoms with van der Waals surface area (Å²) < 4.78 is 6.75. The molecule has 0 saturated carbocycles. The van der Waals surface area contributed by atoms with Gasteiger partial charge in [0.1, 0.15) is 0 Å². The molecule has 0 aromatic carbocycles. The van der Waals surface area contributed by atoms with Crippen molar-refractivity contribution in [2.24, 2.45) is 0 Å². The van der Waals surface area contributed by atoms with Crippen LogP contribution in [0.4, 0.5) is 5.69 Å². The van der Waals surface area contributed by atoms with Crippen molar-refractivity contribution in [1.82, 2.24) is 9.61 Å². The molecule has 0 saturated heterocycles. The van der Waals surface area contributed by atoms with Crippen LogP contribution < -0.4 is 10.5 Å². The Bertz CT molecular complexity index is 408. The zero-order valence-electron chi connectivity index (χ0n) is 6.69. The summed E-state index contributed by atoms with van der Waals surface area (Å²) in [7, 11) is 1.60. The lowest BCUT2D eigenvalue weighted by Crippen LogP contribution is -1.94. The van der Waals surface area contributed by atoms with Gasteiger partial charge in [-0.1, -0.05) is 6.07 Å². The molecule has 0 amide bonds. The van der Waals surface area contributed by atoms with E-state index in [0.717, 1.165) is 5.52 Å². The zero-order valence-corrected chi connectivity index (χ0v) is 6.69. The molecule has 0 atom stereocenters. The highest BCUT2D eigenvalue weighted by Crippen LogP contribution is 2.18. The molecule has 2 aromatic heterocycles. The molecule has 0 spiro atoms. The van der Waals surface area contributed by atoms with Crippen molar-refractivity contribution in [1.29, 1.82) is 0 Å². The predicted molar refractivity (Wildman–Crippen MR) is 46.2 cm³/mol. The lowest BCUT2D eigenvalue weighted by molar-refractivity contribution is 0.386. The largest absolute Gasteiger partial charge is 0.481 e. The summed E-state index contributed by atoms with van der Waals surface area (Å²) >= 11 is 0. The highest BCUT2D eigenvalue weighted by molar-refractivity contribution is 5.69. The molecular formula is C8H9N3O. The maximum absolute atomic E-state index is 5.66. The minimum atomic E-state index is 0.661. The van der Waals surface area contributed by atoms with Gasteiger partial charge in [-0.3, -0.25) is 0 Å². The van der Waals surface area contributed by atoms with Crippen LogP contribution in [0.1, 0.15) is 0 Å². The van der Waals surface area contributed by atoms with Gasteiger partial charge in [-0.25, -0.2) is 0 Å². The first-order valence-corrected chi connectivity index (χ1v) is 3.59. The topological polar surface area (TPSA) is 52.5 Å². The van der Waals surface area contributed by atoms with Gasteiger partial charge in [-0.05, 0) is 6.07 Å². The van der Waals surface area contributed by atoms with Crippen LogP contribution in [0, 0.1) is 0 Å². The fourth-order valence-electron chi connectivity index (χ4n) is 1.16. The summed E-state index contributed by atoms with van der Waals surface area (Å²) in [5.41, 5.74) is 7.19. The van der Waals surface area contributed by atoms with Gasteiger partial charge < -0.3 is 10.5 Å². The maximum atomic E-state index is 5.66. The maximum Gasteiger partial charge on any atom is 0.214 e. The van der Waals surface area contributed by atoms with Gasteiger partial charge in [-0.15, -0.1) is 0 Å². The predicted octanol–water partition coefficient (Wildman–Crippen LogP) is 0.925. The number of anilines is 1. The van der Waals surface area contributed by atoms with E-state index in [0.29, 0.717) is 11.6 Å². The van der Waals surface area contributed by atoms with E-state index in [2.05, 4.69) is 5.10 Å². The molecule has 0 bridgehead atoms. The average Bonchev–Trinajstić information content (AvgIpc) is 2.48. The summed E-state index contributed by atoms with van der Waals surface area (Å²) in [5.74, 6) is 0.684. The third kappa shape index (κ3) is 0.812. The van der Waals surface area contributed by atoms with Crippen LogP contribution in [-0.2, 0) is 0 Å². The number of hydrogen-bond acceptors (Lipinski definition) is 3. The van der Waals surface area contributed by atoms with E-state index in [1.165, 1.54) is 0 Å². The minimum Gasteiger partial charge on any atom is -0.481 e. The number of hydrogen-bond donors (Lipinski definition) is 1. The van der Waals surface area contributed by atoms with Gasteiger partial charge in [0, 0.05) is 6.07 Å². The molecule has 2 heterocycles. The Morgan fingerprint density at radius 3 is 3.08 bits per heavy atom. The fraction of sp³-hybridized carbons (Fsp3) is 0.125. The molecule has 0 aliphatic heterocycles. The van der Waals surface area contributed by atoms with E-state index < -0.39 is 0 Å². The molecule has 2 aromatic rings. The van der Waals surface area contributed by atoms with Gasteiger partial charge in [0.05, 0.1) is 24.5 Å². The van der Waals surface area contributed by atoms with Gasteiger partial charge in [0.15, 0.2) is 0 Å². The number of ether oxygens (including phenoxy) is 1. The summed E-state index contributed by atoms with van der Waals surface area (Å²) in [6.45, 7) is 0. The molecule has 0 aliphatic rings. The van der Waals surface area contributed by atoms with Gasteiger partial charge in [0.25, 0.3) is 0 Å². The van der Waals surface area contributed by atoms with Crippen molar-refractivity contribution in [3.8, 4) is 5.88 Å². The lowest BCUT2D eigenvalue weighted by atomic mass is 10.4. The summed E-state index contributed by atoms with van der Waals surface area (Å²) in [6, 6.07) is 5.61. The second-order valence-electron chi connectivity index (χ2n) is 2.47. The molecular weight excluding hydrogens is 154 g/mol. The molecule has 2 rings (SSSR count). The molecule has 12 heavy (non-hydrogen) atoms. The number of nitrogen functional groups attached to an aromatic ring is 1. The van der Waals surface area contributed by atoms with E-state index >= 15 is 0 Å². The second kappa shape index (κ2) is 2.41. The summed E-state index contributed by atoms with van der Waals surface area (Å²) in [6.07, 6.45) is 1.61. The van der Waals surface area contributed by atoms with E-state index in [1.54, 1.807) is 17.8 Å². The van der Waals surface area contributed by atoms with Crippen LogP contribution in [0.5, 0.6) is 5.88 Å². The van der Waals surface area contributed by atoms with Crippen molar-refractivity contribution in [2.45, 2.75) is 0 Å². The quantitative estimate of drug-likeness (QED) is 0.680. The van der Waals surface area contributed by atoms with E-state index in [-0.39, 0.29) is 0 Å². The zero-order chi connectivity index (χ0) is 8.55. The molecule has 0 fully saturated rings. The van der Waals surface area contributed by atoms with Crippen molar-refractivity contribution in [3.05, 3.63) is 24.4 Å². The Labute approximate surface area is 69.6 Å². The standard InChI is InChI=1S/C8H9N3O/c1-12-8-4-2-3-7-6(9)5-10-11(7)8/h2-5H,9H2,1H3. The normalized spacial score (nSPS) is 10.4. The van der Waals surface area contributed by atoms with E-state index in [4.69, 9.17) is 10.5 Å². The van der Waals surface area contributed by atoms with Crippen molar-refractivity contribution in [3.63, 3.8) is 0 Å². The highest BCUT2D eigenvalue weighted by Gasteiger charge is 2.02. The number of nitrogens with zero attached hydrogens (tertiary/aromatic N) is 2. The van der Waals surface area contributed by atoms with E-state index in [9.17, 15) is 0 Å². The molecule has 4 nitrogen and oxygen atoms in total. The Balaban J connectivity index is 2.81. The van der Waals surface area contributed by atoms with Crippen molar-refractivity contribution in [2.75, 3.05) is 12.8 Å². The first-order valence-electron chi connectivity index (χ1n) is 3.59. The average molecular weight is 163 g/mol. The van der Waals surface area contributed by atoms with Gasteiger partial charge >= 0.3 is 0 Å². The van der Waals surface area contributed by atoms with Crippen LogP contribution in [0.15, 0.2) is 24.4 Å². The molecule has 0 radical (unpaired) electrons. The van der Waals surface area contributed by atoms with Crippen LogP contribution in [0.25, 0.3) is 5.52 Å². The van der Waals surface area contributed by atoms with E-state index in [1.807, 2.05) is 18.2 Å². The molecule has 62 valence electrons. The van der Waals surface area contributed by atoms with Gasteiger partial charge in [-0.2, -0.15) is 9.61 Å². The van der Waals surface area contributed by atoms with Crippen LogP contribution >= 0.6 is 0 Å². The van der Waals surface area contributed by atoms with Crippen molar-refractivity contribution < 1.29 is 4.74 Å². The SMILES string of the molecule is COc1cccc2c(N)cnn12. The number of fused-ring (bicyclic) bond motifs is 1. The minimum absolute atomic E-state index is 0.661. The molecule has 0 unspecified atom stereocenters. The Morgan fingerprint density at radius 2 is 2.33 bits per heavy atom. The second-order valence-corrected chi connectivity index (χ2v) is 2.47. The van der Waals surface area contributed by atoms with Crippen LogP contribution in [-0.4, -0.2) is 16.7 Å². The monoisotopic (exact) mass is 163 g/mol. The Hall–Kier alpha value is -1.71. The number of methoxy groups -OCH3 is 1. The highest BCUT2D eigenvalue weighted by atomic mass is 16.5. The number of rotatable bonds is 1.